The summed E-state index contributed by atoms with van der Waals surface area (Å²) < 4.78 is 1.81. The lowest BCUT2D eigenvalue weighted by atomic mass is 10.1. The van der Waals surface area contributed by atoms with Gasteiger partial charge in [-0.25, -0.2) is 9.48 Å². The summed E-state index contributed by atoms with van der Waals surface area (Å²) in [6, 6.07) is 23.7. The Balaban J connectivity index is 1.46. The van der Waals surface area contributed by atoms with Crippen molar-refractivity contribution in [2.45, 2.75) is 6.54 Å². The molecular weight excluding hydrogens is 336 g/mol. The van der Waals surface area contributed by atoms with Gasteiger partial charge in [-0.15, -0.1) is 0 Å². The first kappa shape index (κ1) is 16.8. The molecule has 0 bridgehead atoms. The minimum absolute atomic E-state index is 0.154. The molecule has 4 aromatic rings. The molecule has 0 saturated carbocycles. The number of benzene rings is 3. The molecule has 0 aliphatic carbocycles. The van der Waals surface area contributed by atoms with Gasteiger partial charge in [-0.3, -0.25) is 0 Å². The Morgan fingerprint density at radius 2 is 1.74 bits per heavy atom. The number of carbonyl (C=O) groups is 1. The number of hydrogen-bond donors (Lipinski definition) is 1. The fraction of sp³-hybridized carbons (Fsp3) is 0.0909. The van der Waals surface area contributed by atoms with Gasteiger partial charge in [-0.1, -0.05) is 54.6 Å². The maximum atomic E-state index is 12.6. The van der Waals surface area contributed by atoms with Crippen LogP contribution in [0.3, 0.4) is 0 Å². The highest BCUT2D eigenvalue weighted by Crippen LogP contribution is 2.23. The van der Waals surface area contributed by atoms with Gasteiger partial charge < -0.3 is 10.2 Å². The molecule has 0 atom stereocenters. The lowest BCUT2D eigenvalue weighted by molar-refractivity contribution is 0.220. The lowest BCUT2D eigenvalue weighted by Crippen LogP contribution is -2.30. The first-order chi connectivity index (χ1) is 13.2. The Kier molecular flexibility index (Phi) is 4.58. The average Bonchev–Trinajstić information content (AvgIpc) is 3.17. The SMILES string of the molecule is CN(Cc1cnn(-c2ccccc2)c1)C(=O)Nc1cccc2ccccc12. The van der Waals surface area contributed by atoms with Gasteiger partial charge in [0, 0.05) is 24.2 Å². The standard InChI is InChI=1S/C22H20N4O/c1-25(15-17-14-23-26(16-17)19-10-3-2-4-11-19)22(27)24-21-13-7-9-18-8-5-6-12-20(18)21/h2-14,16H,15H2,1H3,(H,24,27). The number of aromatic nitrogens is 2. The number of urea groups is 1. The zero-order chi connectivity index (χ0) is 18.6. The van der Waals surface area contributed by atoms with E-state index in [1.807, 2.05) is 83.7 Å². The second-order valence-electron chi connectivity index (χ2n) is 6.44. The van der Waals surface area contributed by atoms with E-state index in [-0.39, 0.29) is 6.03 Å². The number of carbonyl (C=O) groups excluding carboxylic acids is 1. The molecule has 1 heterocycles. The van der Waals surface area contributed by atoms with Crippen LogP contribution < -0.4 is 5.32 Å². The number of nitrogens with zero attached hydrogens (tertiary/aromatic N) is 3. The Hall–Kier alpha value is -3.60. The third-order valence-electron chi connectivity index (χ3n) is 4.45. The number of para-hydroxylation sites is 1. The van der Waals surface area contributed by atoms with Crippen LogP contribution >= 0.6 is 0 Å². The van der Waals surface area contributed by atoms with Crippen LogP contribution in [0.25, 0.3) is 16.5 Å². The van der Waals surface area contributed by atoms with E-state index in [9.17, 15) is 4.79 Å². The molecule has 0 unspecified atom stereocenters. The largest absolute Gasteiger partial charge is 0.323 e. The second-order valence-corrected chi connectivity index (χ2v) is 6.44. The van der Waals surface area contributed by atoms with Crippen molar-refractivity contribution < 1.29 is 4.79 Å². The summed E-state index contributed by atoms with van der Waals surface area (Å²) in [6.45, 7) is 0.476. The fourth-order valence-electron chi connectivity index (χ4n) is 3.05. The molecule has 0 spiro atoms. The number of nitrogens with one attached hydrogen (secondary N) is 1. The summed E-state index contributed by atoms with van der Waals surface area (Å²) >= 11 is 0. The Bertz CT molecular complexity index is 1070. The molecule has 0 saturated heterocycles. The van der Waals surface area contributed by atoms with Crippen LogP contribution in [-0.4, -0.2) is 27.8 Å². The first-order valence-electron chi connectivity index (χ1n) is 8.79. The van der Waals surface area contributed by atoms with Gasteiger partial charge >= 0.3 is 6.03 Å². The normalized spacial score (nSPS) is 10.7. The van der Waals surface area contributed by atoms with Gasteiger partial charge in [0.15, 0.2) is 0 Å². The smallest absolute Gasteiger partial charge is 0.321 e. The third-order valence-corrected chi connectivity index (χ3v) is 4.45. The average molecular weight is 356 g/mol. The van der Waals surface area contributed by atoms with Crippen molar-refractivity contribution in [1.29, 1.82) is 0 Å². The maximum Gasteiger partial charge on any atom is 0.321 e. The molecule has 1 N–H and O–H groups in total. The van der Waals surface area contributed by atoms with E-state index in [0.717, 1.165) is 27.7 Å². The highest BCUT2D eigenvalue weighted by molar-refractivity contribution is 6.01. The number of hydrogen-bond acceptors (Lipinski definition) is 2. The molecule has 0 radical (unpaired) electrons. The van der Waals surface area contributed by atoms with E-state index >= 15 is 0 Å². The predicted molar refractivity (Wildman–Crippen MR) is 108 cm³/mol. The highest BCUT2D eigenvalue weighted by Gasteiger charge is 2.12. The number of fused-ring (bicyclic) bond motifs is 1. The Morgan fingerprint density at radius 3 is 2.59 bits per heavy atom. The molecular formula is C22H20N4O. The fourth-order valence-corrected chi connectivity index (χ4v) is 3.05. The molecule has 3 aromatic carbocycles. The molecule has 0 aliphatic heterocycles. The van der Waals surface area contributed by atoms with Crippen molar-refractivity contribution in [3.63, 3.8) is 0 Å². The van der Waals surface area contributed by atoms with Crippen molar-refractivity contribution in [3.05, 3.63) is 90.8 Å². The number of rotatable bonds is 4. The molecule has 5 nitrogen and oxygen atoms in total. The van der Waals surface area contributed by atoms with E-state index in [1.54, 1.807) is 18.1 Å². The zero-order valence-electron chi connectivity index (χ0n) is 15.0. The van der Waals surface area contributed by atoms with E-state index in [0.29, 0.717) is 6.54 Å². The summed E-state index contributed by atoms with van der Waals surface area (Å²) in [5.41, 5.74) is 2.77. The first-order valence-corrected chi connectivity index (χ1v) is 8.79. The molecule has 4 rings (SSSR count). The van der Waals surface area contributed by atoms with Gasteiger partial charge in [0.05, 0.1) is 24.1 Å². The van der Waals surface area contributed by atoms with E-state index in [1.165, 1.54) is 0 Å². The Labute approximate surface area is 157 Å². The minimum Gasteiger partial charge on any atom is -0.323 e. The molecule has 1 aromatic heterocycles. The van der Waals surface area contributed by atoms with Gasteiger partial charge in [-0.2, -0.15) is 5.10 Å². The molecule has 2 amide bonds. The molecule has 134 valence electrons. The Morgan fingerprint density at radius 1 is 1.00 bits per heavy atom. The van der Waals surface area contributed by atoms with E-state index in [4.69, 9.17) is 0 Å². The summed E-state index contributed by atoms with van der Waals surface area (Å²) in [4.78, 5) is 14.3. The van der Waals surface area contributed by atoms with Gasteiger partial charge in [-0.05, 0) is 23.6 Å². The van der Waals surface area contributed by atoms with Crippen molar-refractivity contribution in [2.24, 2.45) is 0 Å². The van der Waals surface area contributed by atoms with Crippen molar-refractivity contribution in [2.75, 3.05) is 12.4 Å². The molecule has 5 heteroatoms. The third kappa shape index (κ3) is 3.67. The minimum atomic E-state index is -0.154. The monoisotopic (exact) mass is 356 g/mol. The lowest BCUT2D eigenvalue weighted by Gasteiger charge is -2.18. The van der Waals surface area contributed by atoms with E-state index < -0.39 is 0 Å². The summed E-state index contributed by atoms with van der Waals surface area (Å²) in [6.07, 6.45) is 3.73. The van der Waals surface area contributed by atoms with Gasteiger partial charge in [0.1, 0.15) is 0 Å². The second kappa shape index (κ2) is 7.33. The van der Waals surface area contributed by atoms with Crippen LogP contribution in [0.5, 0.6) is 0 Å². The number of amides is 2. The number of anilines is 1. The van der Waals surface area contributed by atoms with Crippen molar-refractivity contribution in [3.8, 4) is 5.69 Å². The van der Waals surface area contributed by atoms with Crippen molar-refractivity contribution in [1.82, 2.24) is 14.7 Å². The van der Waals surface area contributed by atoms with Crippen LogP contribution in [0.15, 0.2) is 85.2 Å². The maximum absolute atomic E-state index is 12.6. The summed E-state index contributed by atoms with van der Waals surface area (Å²) in [5, 5.41) is 9.51. The molecule has 0 fully saturated rings. The summed E-state index contributed by atoms with van der Waals surface area (Å²) in [7, 11) is 1.78. The van der Waals surface area contributed by atoms with Crippen LogP contribution in [-0.2, 0) is 6.54 Å². The van der Waals surface area contributed by atoms with Crippen LogP contribution in [0, 0.1) is 0 Å². The van der Waals surface area contributed by atoms with Crippen LogP contribution in [0.1, 0.15) is 5.56 Å². The quantitative estimate of drug-likeness (QED) is 0.577. The van der Waals surface area contributed by atoms with Gasteiger partial charge in [0.25, 0.3) is 0 Å². The summed E-state index contributed by atoms with van der Waals surface area (Å²) in [5.74, 6) is 0. The van der Waals surface area contributed by atoms with Crippen LogP contribution in [0.2, 0.25) is 0 Å². The van der Waals surface area contributed by atoms with Gasteiger partial charge in [0.2, 0.25) is 0 Å². The molecule has 27 heavy (non-hydrogen) atoms. The predicted octanol–water partition coefficient (Wildman–Crippen LogP) is 4.69. The molecule has 0 aliphatic rings. The zero-order valence-corrected chi connectivity index (χ0v) is 15.0. The van der Waals surface area contributed by atoms with Crippen molar-refractivity contribution >= 4 is 22.5 Å². The topological polar surface area (TPSA) is 50.2 Å². The van der Waals surface area contributed by atoms with E-state index in [2.05, 4.69) is 10.4 Å². The highest BCUT2D eigenvalue weighted by atomic mass is 16.2. The van der Waals surface area contributed by atoms with Crippen LogP contribution in [0.4, 0.5) is 10.5 Å².